The number of aliphatic imine (C=N–C) groups is 1. The minimum Gasteiger partial charge on any atom is -0.383 e. The van der Waals surface area contributed by atoms with Crippen molar-refractivity contribution in [2.75, 3.05) is 26.0 Å². The van der Waals surface area contributed by atoms with Gasteiger partial charge >= 0.3 is 0 Å². The van der Waals surface area contributed by atoms with Gasteiger partial charge in [0, 0.05) is 19.7 Å². The number of methoxy groups -OCH3 is 1. The second kappa shape index (κ2) is 8.23. The molecule has 0 amide bonds. The van der Waals surface area contributed by atoms with Gasteiger partial charge in [0.25, 0.3) is 0 Å². The van der Waals surface area contributed by atoms with E-state index in [-0.39, 0.29) is 11.8 Å². The molecule has 102 valence electrons. The predicted octanol–water partition coefficient (Wildman–Crippen LogP) is -1.89. The molecule has 0 heterocycles. The summed E-state index contributed by atoms with van der Waals surface area (Å²) in [6.07, 6.45) is 0.352. The van der Waals surface area contributed by atoms with Crippen molar-refractivity contribution in [2.45, 2.75) is 19.4 Å². The summed E-state index contributed by atoms with van der Waals surface area (Å²) in [7, 11) is -1.83. The fraction of sp³-hybridized carbons (Fsp3) is 0.875. The first-order valence-corrected chi connectivity index (χ1v) is 6.87. The minimum atomic E-state index is -3.42. The predicted molar refractivity (Wildman–Crippen MR) is 66.7 cm³/mol. The first kappa shape index (κ1) is 16.1. The molecular formula is C8H21N5O3S. The van der Waals surface area contributed by atoms with Gasteiger partial charge in [0.1, 0.15) is 0 Å². The molecule has 8 nitrogen and oxygen atoms in total. The van der Waals surface area contributed by atoms with Crippen molar-refractivity contribution >= 4 is 16.0 Å². The molecule has 0 aromatic carbocycles. The van der Waals surface area contributed by atoms with Gasteiger partial charge in [-0.05, 0) is 13.3 Å². The lowest BCUT2D eigenvalue weighted by molar-refractivity contribution is 0.179. The molecule has 0 radical (unpaired) electrons. The van der Waals surface area contributed by atoms with Crippen molar-refractivity contribution in [1.82, 2.24) is 10.7 Å². The Morgan fingerprint density at radius 1 is 1.53 bits per heavy atom. The van der Waals surface area contributed by atoms with Crippen LogP contribution in [0.15, 0.2) is 4.99 Å². The van der Waals surface area contributed by atoms with Crippen molar-refractivity contribution < 1.29 is 13.2 Å². The van der Waals surface area contributed by atoms with Gasteiger partial charge < -0.3 is 10.1 Å². The van der Waals surface area contributed by atoms with E-state index in [1.54, 1.807) is 7.11 Å². The summed E-state index contributed by atoms with van der Waals surface area (Å²) in [6, 6.07) is 0.0491. The molecule has 0 fully saturated rings. The second-order valence-corrected chi connectivity index (χ2v) is 5.33. The average molecular weight is 267 g/mol. The first-order chi connectivity index (χ1) is 7.89. The lowest BCUT2D eigenvalue weighted by Gasteiger charge is -2.15. The van der Waals surface area contributed by atoms with E-state index < -0.39 is 10.0 Å². The summed E-state index contributed by atoms with van der Waals surface area (Å²) in [5.41, 5.74) is 2.39. The van der Waals surface area contributed by atoms with E-state index in [0.29, 0.717) is 25.5 Å². The topological polar surface area (TPSA) is 132 Å². The van der Waals surface area contributed by atoms with Crippen molar-refractivity contribution in [2.24, 2.45) is 16.0 Å². The maximum atomic E-state index is 10.7. The van der Waals surface area contributed by atoms with Gasteiger partial charge in [-0.2, -0.15) is 0 Å². The maximum absolute atomic E-state index is 10.7. The van der Waals surface area contributed by atoms with Crippen LogP contribution in [0.5, 0.6) is 0 Å². The van der Waals surface area contributed by atoms with Gasteiger partial charge in [-0.1, -0.05) is 0 Å². The van der Waals surface area contributed by atoms with Gasteiger partial charge in [0.05, 0.1) is 12.4 Å². The second-order valence-electron chi connectivity index (χ2n) is 3.60. The zero-order valence-electron chi connectivity index (χ0n) is 10.1. The average Bonchev–Trinajstić information content (AvgIpc) is 2.21. The molecule has 9 heteroatoms. The summed E-state index contributed by atoms with van der Waals surface area (Å²) >= 11 is 0. The van der Waals surface area contributed by atoms with Gasteiger partial charge in [0.2, 0.25) is 16.0 Å². The fourth-order valence-corrected chi connectivity index (χ4v) is 1.65. The van der Waals surface area contributed by atoms with E-state index in [2.05, 4.69) is 15.7 Å². The van der Waals surface area contributed by atoms with Gasteiger partial charge in [0.15, 0.2) is 0 Å². The Hall–Kier alpha value is -0.900. The number of nitrogens with two attached hydrogens (primary N) is 2. The molecule has 0 aliphatic heterocycles. The SMILES string of the molecule is COCC(C)NC(=NCCCS(N)(=O)=O)NN. The van der Waals surface area contributed by atoms with Crippen molar-refractivity contribution in [3.63, 3.8) is 0 Å². The number of nitrogens with zero attached hydrogens (tertiary/aromatic N) is 1. The Morgan fingerprint density at radius 3 is 2.65 bits per heavy atom. The van der Waals surface area contributed by atoms with Crippen LogP contribution in [0, 0.1) is 0 Å². The monoisotopic (exact) mass is 267 g/mol. The standard InChI is InChI=1S/C8H21N5O3S/c1-7(6-16-2)12-8(13-9)11-4-3-5-17(10,14)15/h7H,3-6,9H2,1-2H3,(H2,10,14,15)(H2,11,12,13). The molecule has 0 spiro atoms. The minimum absolute atomic E-state index is 0.0491. The third-order valence-corrected chi connectivity index (χ3v) is 2.65. The summed E-state index contributed by atoms with van der Waals surface area (Å²) < 4.78 is 26.3. The quantitative estimate of drug-likeness (QED) is 0.140. The molecule has 0 rings (SSSR count). The van der Waals surface area contributed by atoms with Gasteiger partial charge in [-0.25, -0.2) is 19.4 Å². The number of hydrogen-bond donors (Lipinski definition) is 4. The number of nitrogens with one attached hydrogen (secondary N) is 2. The Morgan fingerprint density at radius 2 is 2.18 bits per heavy atom. The fourth-order valence-electron chi connectivity index (χ4n) is 1.11. The van der Waals surface area contributed by atoms with Crippen LogP contribution in [-0.4, -0.2) is 46.4 Å². The molecule has 6 N–H and O–H groups in total. The third kappa shape index (κ3) is 10.00. The highest BCUT2D eigenvalue weighted by molar-refractivity contribution is 7.89. The molecule has 1 atom stereocenters. The number of sulfonamides is 1. The molecule has 0 saturated heterocycles. The van der Waals surface area contributed by atoms with E-state index in [0.717, 1.165) is 0 Å². The van der Waals surface area contributed by atoms with Crippen LogP contribution in [0.4, 0.5) is 0 Å². The van der Waals surface area contributed by atoms with E-state index in [4.69, 9.17) is 15.7 Å². The highest BCUT2D eigenvalue weighted by atomic mass is 32.2. The summed E-state index contributed by atoms with van der Waals surface area (Å²) in [5.74, 6) is 5.56. The zero-order valence-corrected chi connectivity index (χ0v) is 11.0. The molecule has 1 unspecified atom stereocenters. The van der Waals surface area contributed by atoms with Crippen LogP contribution in [-0.2, 0) is 14.8 Å². The Balaban J connectivity index is 4.00. The number of ether oxygens (including phenoxy) is 1. The molecule has 0 bridgehead atoms. The van der Waals surface area contributed by atoms with E-state index >= 15 is 0 Å². The van der Waals surface area contributed by atoms with Crippen LogP contribution in [0.2, 0.25) is 0 Å². The molecule has 0 saturated carbocycles. The smallest absolute Gasteiger partial charge is 0.209 e. The van der Waals surface area contributed by atoms with Crippen molar-refractivity contribution in [3.8, 4) is 0 Å². The Labute approximate surface area is 102 Å². The highest BCUT2D eigenvalue weighted by Crippen LogP contribution is 1.88. The molecule has 17 heavy (non-hydrogen) atoms. The van der Waals surface area contributed by atoms with E-state index in [1.807, 2.05) is 6.92 Å². The lowest BCUT2D eigenvalue weighted by Crippen LogP contribution is -2.47. The van der Waals surface area contributed by atoms with Crippen LogP contribution in [0.3, 0.4) is 0 Å². The summed E-state index contributed by atoms with van der Waals surface area (Å²) in [6.45, 7) is 2.74. The number of hydrogen-bond acceptors (Lipinski definition) is 5. The van der Waals surface area contributed by atoms with Gasteiger partial charge in [-0.3, -0.25) is 10.4 Å². The van der Waals surface area contributed by atoms with E-state index in [1.165, 1.54) is 0 Å². The number of guanidine groups is 1. The third-order valence-electron chi connectivity index (χ3n) is 1.79. The molecule has 0 aromatic heterocycles. The zero-order chi connectivity index (χ0) is 13.3. The van der Waals surface area contributed by atoms with Crippen LogP contribution in [0.1, 0.15) is 13.3 Å². The molecule has 0 aliphatic carbocycles. The molecule has 0 aliphatic rings. The van der Waals surface area contributed by atoms with Crippen molar-refractivity contribution in [3.05, 3.63) is 0 Å². The largest absolute Gasteiger partial charge is 0.383 e. The van der Waals surface area contributed by atoms with Crippen LogP contribution >= 0.6 is 0 Å². The molecule has 0 aromatic rings. The Kier molecular flexibility index (Phi) is 7.79. The lowest BCUT2D eigenvalue weighted by atomic mass is 10.4. The van der Waals surface area contributed by atoms with E-state index in [9.17, 15) is 8.42 Å². The summed E-state index contributed by atoms with van der Waals surface area (Å²) in [4.78, 5) is 4.06. The molecular weight excluding hydrogens is 246 g/mol. The normalized spacial score (nSPS) is 14.5. The maximum Gasteiger partial charge on any atom is 0.209 e. The van der Waals surface area contributed by atoms with Crippen LogP contribution in [0.25, 0.3) is 0 Å². The number of hydrazine groups is 1. The summed E-state index contributed by atoms with van der Waals surface area (Å²) in [5, 5.41) is 7.83. The highest BCUT2D eigenvalue weighted by Gasteiger charge is 2.04. The number of primary sulfonamides is 1. The number of rotatable bonds is 7. The van der Waals surface area contributed by atoms with Crippen molar-refractivity contribution in [1.29, 1.82) is 0 Å². The Bertz CT molecular complexity index is 330. The van der Waals surface area contributed by atoms with Gasteiger partial charge in [-0.15, -0.1) is 0 Å². The first-order valence-electron chi connectivity index (χ1n) is 5.16. The van der Waals surface area contributed by atoms with Crippen LogP contribution < -0.4 is 21.7 Å².